The Morgan fingerprint density at radius 2 is 2.20 bits per heavy atom. The lowest BCUT2D eigenvalue weighted by Crippen LogP contribution is -2.31. The quantitative estimate of drug-likeness (QED) is 0.874. The smallest absolute Gasteiger partial charge is 0.152 e. The maximum atomic E-state index is 5.68. The lowest BCUT2D eigenvalue weighted by Gasteiger charge is -2.20. The zero-order valence-corrected chi connectivity index (χ0v) is 12.3. The van der Waals surface area contributed by atoms with Crippen LogP contribution in [0.3, 0.4) is 0 Å². The van der Waals surface area contributed by atoms with Gasteiger partial charge in [0.25, 0.3) is 0 Å². The first-order valence-electron chi connectivity index (χ1n) is 7.56. The molecule has 1 aliphatic rings. The maximum Gasteiger partial charge on any atom is 0.152 e. The number of nitrogens with zero attached hydrogens (tertiary/aromatic N) is 1. The second-order valence-electron chi connectivity index (χ2n) is 5.89. The predicted molar refractivity (Wildman–Crippen MR) is 79.3 cm³/mol. The van der Waals surface area contributed by atoms with Crippen LogP contribution in [0.1, 0.15) is 43.9 Å². The fourth-order valence-corrected chi connectivity index (χ4v) is 3.12. The largest absolute Gasteiger partial charge is 0.460 e. The Kier molecular flexibility index (Phi) is 3.92. The van der Waals surface area contributed by atoms with E-state index >= 15 is 0 Å². The fraction of sp³-hybridized carbons (Fsp3) is 0.562. The van der Waals surface area contributed by atoms with Crippen molar-refractivity contribution in [3.8, 4) is 11.5 Å². The molecule has 2 N–H and O–H groups in total. The standard InChI is InChI=1S/C16H23N3O/c1-11-7-8-15(20-11)16-14(10-18-19-16)9-17-12(2)13-5-3-4-6-13/h7-8,10,12-13,17H,3-6,9H2,1-2H3,(H,18,19)/t12-/m1/s1. The van der Waals surface area contributed by atoms with E-state index in [1.165, 1.54) is 31.2 Å². The summed E-state index contributed by atoms with van der Waals surface area (Å²) in [5.41, 5.74) is 2.16. The molecule has 0 radical (unpaired) electrons. The van der Waals surface area contributed by atoms with Crippen molar-refractivity contribution < 1.29 is 4.42 Å². The number of furan rings is 1. The first-order valence-corrected chi connectivity index (χ1v) is 7.56. The molecule has 2 heterocycles. The molecule has 1 aliphatic carbocycles. The molecule has 1 saturated carbocycles. The molecule has 4 nitrogen and oxygen atoms in total. The fourth-order valence-electron chi connectivity index (χ4n) is 3.12. The average Bonchev–Trinajstić information content (AvgIpc) is 3.16. The van der Waals surface area contributed by atoms with Gasteiger partial charge in [-0.2, -0.15) is 5.10 Å². The number of H-pyrrole nitrogens is 1. The summed E-state index contributed by atoms with van der Waals surface area (Å²) in [6.45, 7) is 5.09. The zero-order chi connectivity index (χ0) is 13.9. The Hall–Kier alpha value is -1.55. The van der Waals surface area contributed by atoms with E-state index < -0.39 is 0 Å². The molecule has 0 bridgehead atoms. The first-order chi connectivity index (χ1) is 9.74. The Labute approximate surface area is 120 Å². The lowest BCUT2D eigenvalue weighted by molar-refractivity contribution is 0.380. The van der Waals surface area contributed by atoms with E-state index in [1.54, 1.807) is 0 Å². The summed E-state index contributed by atoms with van der Waals surface area (Å²) in [6, 6.07) is 4.54. The molecular formula is C16H23N3O. The van der Waals surface area contributed by atoms with Gasteiger partial charge in [-0.3, -0.25) is 5.10 Å². The van der Waals surface area contributed by atoms with Crippen LogP contribution in [0.15, 0.2) is 22.7 Å². The van der Waals surface area contributed by atoms with Crippen LogP contribution >= 0.6 is 0 Å². The molecule has 0 aromatic carbocycles. The van der Waals surface area contributed by atoms with Gasteiger partial charge in [0, 0.05) is 18.2 Å². The zero-order valence-electron chi connectivity index (χ0n) is 12.3. The highest BCUT2D eigenvalue weighted by Crippen LogP contribution is 2.28. The van der Waals surface area contributed by atoms with Gasteiger partial charge < -0.3 is 9.73 Å². The third-order valence-electron chi connectivity index (χ3n) is 4.43. The molecule has 0 amide bonds. The summed E-state index contributed by atoms with van der Waals surface area (Å²) < 4.78 is 5.68. The molecular weight excluding hydrogens is 250 g/mol. The SMILES string of the molecule is Cc1ccc(-c2[nH]ncc2CN[C@H](C)C2CCCC2)o1. The van der Waals surface area contributed by atoms with Crippen molar-refractivity contribution in [1.29, 1.82) is 0 Å². The number of aryl methyl sites for hydroxylation is 1. The molecule has 0 aliphatic heterocycles. The van der Waals surface area contributed by atoms with E-state index in [1.807, 2.05) is 25.3 Å². The second kappa shape index (κ2) is 5.83. The van der Waals surface area contributed by atoms with Crippen molar-refractivity contribution in [2.75, 3.05) is 0 Å². The Morgan fingerprint density at radius 1 is 1.40 bits per heavy atom. The summed E-state index contributed by atoms with van der Waals surface area (Å²) in [5, 5.41) is 10.8. The van der Waals surface area contributed by atoms with Crippen LogP contribution in [0.25, 0.3) is 11.5 Å². The van der Waals surface area contributed by atoms with Crippen LogP contribution in [-0.4, -0.2) is 16.2 Å². The topological polar surface area (TPSA) is 53.9 Å². The summed E-state index contributed by atoms with van der Waals surface area (Å²) in [5.74, 6) is 2.62. The molecule has 108 valence electrons. The van der Waals surface area contributed by atoms with E-state index in [-0.39, 0.29) is 0 Å². The predicted octanol–water partition coefficient (Wildman–Crippen LogP) is 3.65. The highest BCUT2D eigenvalue weighted by molar-refractivity contribution is 5.56. The molecule has 2 aromatic rings. The maximum absolute atomic E-state index is 5.68. The number of rotatable bonds is 5. The molecule has 3 rings (SSSR count). The lowest BCUT2D eigenvalue weighted by atomic mass is 9.99. The number of hydrogen-bond donors (Lipinski definition) is 2. The van der Waals surface area contributed by atoms with Crippen LogP contribution < -0.4 is 5.32 Å². The molecule has 0 saturated heterocycles. The van der Waals surface area contributed by atoms with Gasteiger partial charge in [-0.25, -0.2) is 0 Å². The number of aromatic nitrogens is 2. The van der Waals surface area contributed by atoms with Gasteiger partial charge >= 0.3 is 0 Å². The van der Waals surface area contributed by atoms with Crippen LogP contribution in [-0.2, 0) is 6.54 Å². The van der Waals surface area contributed by atoms with Crippen LogP contribution in [0.5, 0.6) is 0 Å². The molecule has 20 heavy (non-hydrogen) atoms. The van der Waals surface area contributed by atoms with Gasteiger partial charge in [0.1, 0.15) is 11.5 Å². The molecule has 4 heteroatoms. The third-order valence-corrected chi connectivity index (χ3v) is 4.43. The summed E-state index contributed by atoms with van der Waals surface area (Å²) >= 11 is 0. The van der Waals surface area contributed by atoms with Crippen molar-refractivity contribution in [1.82, 2.24) is 15.5 Å². The minimum absolute atomic E-state index is 0.568. The molecule has 0 unspecified atom stereocenters. The van der Waals surface area contributed by atoms with Crippen molar-refractivity contribution in [3.63, 3.8) is 0 Å². The van der Waals surface area contributed by atoms with Gasteiger partial charge in [-0.05, 0) is 44.7 Å². The van der Waals surface area contributed by atoms with Crippen LogP contribution in [0.2, 0.25) is 0 Å². The Morgan fingerprint density at radius 3 is 2.90 bits per heavy atom. The van der Waals surface area contributed by atoms with Crippen molar-refractivity contribution in [2.45, 2.75) is 52.1 Å². The van der Waals surface area contributed by atoms with E-state index in [0.29, 0.717) is 6.04 Å². The van der Waals surface area contributed by atoms with E-state index in [2.05, 4.69) is 22.4 Å². The first kappa shape index (κ1) is 13.4. The molecule has 2 aromatic heterocycles. The molecule has 1 fully saturated rings. The highest BCUT2D eigenvalue weighted by Gasteiger charge is 2.21. The number of aromatic amines is 1. The Bertz CT molecular complexity index is 552. The highest BCUT2D eigenvalue weighted by atomic mass is 16.3. The Balaban J connectivity index is 1.65. The van der Waals surface area contributed by atoms with Gasteiger partial charge in [0.15, 0.2) is 5.76 Å². The van der Waals surface area contributed by atoms with Gasteiger partial charge in [0.05, 0.1) is 6.20 Å². The number of nitrogens with one attached hydrogen (secondary N) is 2. The minimum atomic E-state index is 0.568. The van der Waals surface area contributed by atoms with E-state index in [9.17, 15) is 0 Å². The monoisotopic (exact) mass is 273 g/mol. The third kappa shape index (κ3) is 2.80. The summed E-state index contributed by atoms with van der Waals surface area (Å²) in [7, 11) is 0. The van der Waals surface area contributed by atoms with E-state index in [4.69, 9.17) is 4.42 Å². The van der Waals surface area contributed by atoms with Crippen LogP contribution in [0, 0.1) is 12.8 Å². The normalized spacial score (nSPS) is 17.7. The average molecular weight is 273 g/mol. The summed E-state index contributed by atoms with van der Waals surface area (Å²) in [6.07, 6.45) is 7.40. The minimum Gasteiger partial charge on any atom is -0.460 e. The van der Waals surface area contributed by atoms with Gasteiger partial charge in [-0.1, -0.05) is 12.8 Å². The van der Waals surface area contributed by atoms with Crippen molar-refractivity contribution in [3.05, 3.63) is 29.7 Å². The van der Waals surface area contributed by atoms with Gasteiger partial charge in [0.2, 0.25) is 0 Å². The van der Waals surface area contributed by atoms with E-state index in [0.717, 1.165) is 29.7 Å². The second-order valence-corrected chi connectivity index (χ2v) is 5.89. The van der Waals surface area contributed by atoms with Crippen molar-refractivity contribution >= 4 is 0 Å². The van der Waals surface area contributed by atoms with Crippen LogP contribution in [0.4, 0.5) is 0 Å². The van der Waals surface area contributed by atoms with Gasteiger partial charge in [-0.15, -0.1) is 0 Å². The summed E-state index contributed by atoms with van der Waals surface area (Å²) in [4.78, 5) is 0. The van der Waals surface area contributed by atoms with Crippen molar-refractivity contribution in [2.24, 2.45) is 5.92 Å². The molecule has 0 spiro atoms. The molecule has 1 atom stereocenters. The number of hydrogen-bond acceptors (Lipinski definition) is 3.